The van der Waals surface area contributed by atoms with Gasteiger partial charge in [0.25, 0.3) is 0 Å². The Bertz CT molecular complexity index is 584. The van der Waals surface area contributed by atoms with Crippen molar-refractivity contribution in [3.05, 3.63) is 59.7 Å². The van der Waals surface area contributed by atoms with Crippen LogP contribution in [0.2, 0.25) is 0 Å². The highest BCUT2D eigenvalue weighted by Gasteiger charge is 2.37. The number of phenols is 2. The molecule has 0 amide bonds. The molecule has 1 saturated carbocycles. The molecule has 0 bridgehead atoms. The number of rotatable bonds is 2. The molecule has 2 nitrogen and oxygen atoms in total. The minimum atomic E-state index is -0.164. The third-order valence-corrected chi connectivity index (χ3v) is 4.53. The monoisotopic (exact) mass is 268 g/mol. The molecule has 0 aliphatic heterocycles. The molecule has 104 valence electrons. The first-order chi connectivity index (χ1) is 9.72. The molecule has 0 aromatic heterocycles. The summed E-state index contributed by atoms with van der Waals surface area (Å²) in [6, 6.07) is 15.3. The Kier molecular flexibility index (Phi) is 3.39. The number of hydrogen-bond acceptors (Lipinski definition) is 2. The molecule has 0 heterocycles. The number of phenolic OH excluding ortho intramolecular Hbond substituents is 2. The van der Waals surface area contributed by atoms with Gasteiger partial charge in [-0.2, -0.15) is 0 Å². The molecular formula is C18H20O2. The fourth-order valence-electron chi connectivity index (χ4n) is 3.53. The summed E-state index contributed by atoms with van der Waals surface area (Å²) in [5.41, 5.74) is 1.94. The van der Waals surface area contributed by atoms with E-state index in [0.717, 1.165) is 31.2 Å². The smallest absolute Gasteiger partial charge is 0.119 e. The van der Waals surface area contributed by atoms with Crippen molar-refractivity contribution in [2.45, 2.75) is 37.5 Å². The van der Waals surface area contributed by atoms with Gasteiger partial charge in [0.1, 0.15) is 11.5 Å². The minimum Gasteiger partial charge on any atom is -0.508 e. The van der Waals surface area contributed by atoms with Gasteiger partial charge in [-0.1, -0.05) is 49.6 Å². The average Bonchev–Trinajstić information content (AvgIpc) is 2.51. The largest absolute Gasteiger partial charge is 0.508 e. The molecular weight excluding hydrogens is 248 g/mol. The van der Waals surface area contributed by atoms with E-state index >= 15 is 0 Å². The maximum atomic E-state index is 10.3. The molecule has 0 radical (unpaired) electrons. The SMILES string of the molecule is Oc1ccc(O)c(C2(c3ccccc3)CCCCC2)c1. The molecule has 1 aliphatic rings. The zero-order chi connectivity index (χ0) is 14.0. The molecule has 0 atom stereocenters. The first-order valence-electron chi connectivity index (χ1n) is 7.30. The molecule has 1 aliphatic carbocycles. The van der Waals surface area contributed by atoms with Crippen molar-refractivity contribution in [2.75, 3.05) is 0 Å². The lowest BCUT2D eigenvalue weighted by molar-refractivity contribution is 0.330. The fraction of sp³-hybridized carbons (Fsp3) is 0.333. The van der Waals surface area contributed by atoms with E-state index in [9.17, 15) is 10.2 Å². The summed E-state index contributed by atoms with van der Waals surface area (Å²) in [5.74, 6) is 0.507. The summed E-state index contributed by atoms with van der Waals surface area (Å²) in [7, 11) is 0. The number of benzene rings is 2. The van der Waals surface area contributed by atoms with Gasteiger partial charge >= 0.3 is 0 Å². The van der Waals surface area contributed by atoms with Crippen LogP contribution in [0, 0.1) is 0 Å². The summed E-state index contributed by atoms with van der Waals surface area (Å²) in [4.78, 5) is 0. The number of aromatic hydroxyl groups is 2. The maximum absolute atomic E-state index is 10.3. The first kappa shape index (κ1) is 13.0. The van der Waals surface area contributed by atoms with Crippen LogP contribution >= 0.6 is 0 Å². The Morgan fingerprint density at radius 2 is 1.50 bits per heavy atom. The highest BCUT2D eigenvalue weighted by molar-refractivity contribution is 5.49. The van der Waals surface area contributed by atoms with Crippen molar-refractivity contribution >= 4 is 0 Å². The molecule has 2 N–H and O–H groups in total. The molecule has 2 aromatic rings. The van der Waals surface area contributed by atoms with Crippen LogP contribution in [0.25, 0.3) is 0 Å². The van der Waals surface area contributed by atoms with E-state index in [2.05, 4.69) is 12.1 Å². The zero-order valence-corrected chi connectivity index (χ0v) is 11.5. The molecule has 2 aromatic carbocycles. The van der Waals surface area contributed by atoms with E-state index in [-0.39, 0.29) is 16.9 Å². The van der Waals surface area contributed by atoms with Crippen LogP contribution in [-0.4, -0.2) is 10.2 Å². The van der Waals surface area contributed by atoms with Crippen molar-refractivity contribution in [1.29, 1.82) is 0 Å². The lowest BCUT2D eigenvalue weighted by atomic mass is 9.65. The molecule has 20 heavy (non-hydrogen) atoms. The van der Waals surface area contributed by atoms with E-state index < -0.39 is 0 Å². The van der Waals surface area contributed by atoms with Gasteiger partial charge in [-0.15, -0.1) is 0 Å². The normalized spacial score (nSPS) is 17.8. The highest BCUT2D eigenvalue weighted by atomic mass is 16.3. The van der Waals surface area contributed by atoms with E-state index in [4.69, 9.17) is 0 Å². The van der Waals surface area contributed by atoms with E-state index in [1.807, 2.05) is 18.2 Å². The summed E-state index contributed by atoms with van der Waals surface area (Å²) < 4.78 is 0. The Hall–Kier alpha value is -1.96. The van der Waals surface area contributed by atoms with Gasteiger partial charge < -0.3 is 10.2 Å². The van der Waals surface area contributed by atoms with Gasteiger partial charge in [-0.25, -0.2) is 0 Å². The van der Waals surface area contributed by atoms with Gasteiger partial charge in [0.05, 0.1) is 0 Å². The fourth-order valence-corrected chi connectivity index (χ4v) is 3.53. The lowest BCUT2D eigenvalue weighted by Gasteiger charge is -2.39. The zero-order valence-electron chi connectivity index (χ0n) is 11.5. The van der Waals surface area contributed by atoms with Crippen molar-refractivity contribution in [3.8, 4) is 11.5 Å². The van der Waals surface area contributed by atoms with Crippen LogP contribution in [0.1, 0.15) is 43.2 Å². The third kappa shape index (κ3) is 2.15. The van der Waals surface area contributed by atoms with E-state index in [1.54, 1.807) is 18.2 Å². The summed E-state index contributed by atoms with van der Waals surface area (Å²) in [5, 5.41) is 20.1. The quantitative estimate of drug-likeness (QED) is 0.795. The molecule has 1 fully saturated rings. The van der Waals surface area contributed by atoms with Crippen molar-refractivity contribution < 1.29 is 10.2 Å². The Balaban J connectivity index is 2.17. The van der Waals surface area contributed by atoms with Crippen molar-refractivity contribution in [3.63, 3.8) is 0 Å². The molecule has 0 spiro atoms. The Morgan fingerprint density at radius 1 is 0.800 bits per heavy atom. The van der Waals surface area contributed by atoms with Crippen LogP contribution < -0.4 is 0 Å². The van der Waals surface area contributed by atoms with Crippen LogP contribution in [-0.2, 0) is 5.41 Å². The average molecular weight is 268 g/mol. The minimum absolute atomic E-state index is 0.164. The predicted molar refractivity (Wildman–Crippen MR) is 80.1 cm³/mol. The van der Waals surface area contributed by atoms with Crippen LogP contribution in [0.3, 0.4) is 0 Å². The topological polar surface area (TPSA) is 40.5 Å². The first-order valence-corrected chi connectivity index (χ1v) is 7.30. The standard InChI is InChI=1S/C18H20O2/c19-15-9-10-17(20)16(13-15)18(11-5-2-6-12-18)14-7-3-1-4-8-14/h1,3-4,7-10,13,19-20H,2,5-6,11-12H2. The summed E-state index contributed by atoms with van der Waals surface area (Å²) in [6.45, 7) is 0. The Morgan fingerprint density at radius 3 is 2.20 bits per heavy atom. The third-order valence-electron chi connectivity index (χ3n) is 4.53. The second kappa shape index (κ2) is 5.20. The second-order valence-corrected chi connectivity index (χ2v) is 5.71. The molecule has 0 saturated heterocycles. The summed E-state index contributed by atoms with van der Waals surface area (Å²) >= 11 is 0. The van der Waals surface area contributed by atoms with Crippen LogP contribution in [0.5, 0.6) is 11.5 Å². The van der Waals surface area contributed by atoms with Crippen molar-refractivity contribution in [1.82, 2.24) is 0 Å². The molecule has 0 unspecified atom stereocenters. The Labute approximate surface area is 119 Å². The molecule has 2 heteroatoms. The van der Waals surface area contributed by atoms with Gasteiger partial charge in [0.2, 0.25) is 0 Å². The highest BCUT2D eigenvalue weighted by Crippen LogP contribution is 2.48. The lowest BCUT2D eigenvalue weighted by Crippen LogP contribution is -2.30. The van der Waals surface area contributed by atoms with E-state index in [0.29, 0.717) is 0 Å². The maximum Gasteiger partial charge on any atom is 0.119 e. The van der Waals surface area contributed by atoms with Gasteiger partial charge in [0, 0.05) is 11.0 Å². The predicted octanol–water partition coefficient (Wildman–Crippen LogP) is 4.35. The van der Waals surface area contributed by atoms with Crippen molar-refractivity contribution in [2.24, 2.45) is 0 Å². The van der Waals surface area contributed by atoms with Crippen LogP contribution in [0.15, 0.2) is 48.5 Å². The number of hydrogen-bond donors (Lipinski definition) is 2. The van der Waals surface area contributed by atoms with Crippen LogP contribution in [0.4, 0.5) is 0 Å². The molecule has 3 rings (SSSR count). The van der Waals surface area contributed by atoms with Gasteiger partial charge in [0.15, 0.2) is 0 Å². The van der Waals surface area contributed by atoms with Gasteiger partial charge in [-0.3, -0.25) is 0 Å². The van der Waals surface area contributed by atoms with E-state index in [1.165, 1.54) is 12.0 Å². The van der Waals surface area contributed by atoms with Gasteiger partial charge in [-0.05, 0) is 36.6 Å². The summed E-state index contributed by atoms with van der Waals surface area (Å²) in [6.07, 6.45) is 5.60. The second-order valence-electron chi connectivity index (χ2n) is 5.71.